The highest BCUT2D eigenvalue weighted by atomic mass is 16.5. The minimum absolute atomic E-state index is 0.243. The van der Waals surface area contributed by atoms with Gasteiger partial charge in [-0.25, -0.2) is 9.59 Å². The van der Waals surface area contributed by atoms with E-state index in [0.717, 1.165) is 51.4 Å². The summed E-state index contributed by atoms with van der Waals surface area (Å²) < 4.78 is 11.2. The van der Waals surface area contributed by atoms with Crippen LogP contribution in [-0.4, -0.2) is 35.4 Å². The molecule has 0 amide bonds. The molecule has 0 spiro atoms. The number of allylic oxidation sites excluding steroid dienone is 10. The van der Waals surface area contributed by atoms with Gasteiger partial charge in [-0.3, -0.25) is 0 Å². The number of hydrogen-bond acceptors (Lipinski definition) is 4. The van der Waals surface area contributed by atoms with Gasteiger partial charge in [0.25, 0.3) is 0 Å². The Kier molecular flexibility index (Phi) is 22.1. The average Bonchev–Trinajstić information content (AvgIpc) is 3.05. The third kappa shape index (κ3) is 22.1. The Morgan fingerprint density at radius 1 is 0.500 bits per heavy atom. The molecule has 6 heteroatoms. The Balaban J connectivity index is 0.000000500. The van der Waals surface area contributed by atoms with Crippen molar-refractivity contribution in [1.82, 2.24) is 0 Å². The molecule has 0 atom stereocenters. The van der Waals surface area contributed by atoms with E-state index in [0.29, 0.717) is 24.7 Å². The molecule has 0 aliphatic heterocycles. The molecule has 0 fully saturated rings. The summed E-state index contributed by atoms with van der Waals surface area (Å²) in [7, 11) is 0. The zero-order valence-electron chi connectivity index (χ0n) is 31.7. The van der Waals surface area contributed by atoms with Crippen molar-refractivity contribution < 1.29 is 29.3 Å². The summed E-state index contributed by atoms with van der Waals surface area (Å²) >= 11 is 0. The number of benzene rings is 2. The Bertz CT molecular complexity index is 1510. The maximum absolute atomic E-state index is 10.9. The van der Waals surface area contributed by atoms with Crippen LogP contribution in [0, 0.1) is 0 Å². The van der Waals surface area contributed by atoms with Gasteiger partial charge in [-0.05, 0) is 161 Å². The SMILES string of the molecule is CC(C)=CCC/C(C)=C/CC/C(C)=C/COc1ccc(C(=O)O)cc1.CC(C)=CCC/C(C)=C/CC/C(C)=C/COc1cccc(C(=O)O)c1. The van der Waals surface area contributed by atoms with E-state index in [9.17, 15) is 9.59 Å². The largest absolute Gasteiger partial charge is 0.490 e. The quantitative estimate of drug-likeness (QED) is 0.135. The summed E-state index contributed by atoms with van der Waals surface area (Å²) in [6, 6.07) is 13.0. The lowest BCUT2D eigenvalue weighted by atomic mass is 10.1. The maximum atomic E-state index is 10.9. The fourth-order valence-electron chi connectivity index (χ4n) is 4.65. The predicted octanol–water partition coefficient (Wildman–Crippen LogP) is 12.4. The number of rotatable bonds is 20. The third-order valence-electron chi connectivity index (χ3n) is 7.79. The number of carboxylic acids is 2. The average molecular weight is 685 g/mol. The van der Waals surface area contributed by atoms with Gasteiger partial charge in [0.1, 0.15) is 24.7 Å². The summed E-state index contributed by atoms with van der Waals surface area (Å²) in [5.41, 5.74) is 8.73. The first kappa shape index (κ1) is 43.4. The van der Waals surface area contributed by atoms with E-state index < -0.39 is 11.9 Å². The van der Waals surface area contributed by atoms with Crippen molar-refractivity contribution in [2.75, 3.05) is 13.2 Å². The third-order valence-corrected chi connectivity index (χ3v) is 7.79. The van der Waals surface area contributed by atoms with E-state index in [1.807, 2.05) is 0 Å². The molecular weight excluding hydrogens is 624 g/mol. The number of hydrogen-bond donors (Lipinski definition) is 2. The first-order chi connectivity index (χ1) is 23.8. The minimum atomic E-state index is -0.941. The summed E-state index contributed by atoms with van der Waals surface area (Å²) in [6.45, 7) is 18.1. The molecule has 2 aromatic carbocycles. The van der Waals surface area contributed by atoms with E-state index in [-0.39, 0.29) is 11.1 Å². The standard InChI is InChI=1S/2C22H30O3/c1-17(2)8-5-9-18(3)10-6-11-19(4)14-15-25-21-13-7-12-20(16-21)22(23)24;1-17(2)7-5-8-18(3)9-6-10-19(4)15-16-25-21-13-11-20(12-14-21)22(23)24/h7-8,10,12-14,16H,5-6,9,11,15H2,1-4H3,(H,23,24);7,9,11-15H,5-6,8,10,16H2,1-4H3,(H,23,24)/b18-10+,19-14+;18-9+,19-15+. The Morgan fingerprint density at radius 2 is 0.900 bits per heavy atom. The molecule has 0 saturated heterocycles. The summed E-state index contributed by atoms with van der Waals surface area (Å²) in [5, 5.41) is 17.8. The molecule has 0 aliphatic carbocycles. The lowest BCUT2D eigenvalue weighted by Crippen LogP contribution is -1.99. The number of carboxylic acid groups (broad SMARTS) is 2. The van der Waals surface area contributed by atoms with Gasteiger partial charge in [-0.1, -0.05) is 63.8 Å². The molecule has 6 nitrogen and oxygen atoms in total. The molecule has 2 N–H and O–H groups in total. The maximum Gasteiger partial charge on any atom is 0.335 e. The second-order valence-electron chi connectivity index (χ2n) is 13.2. The molecule has 0 unspecified atom stereocenters. The molecule has 0 aromatic heterocycles. The van der Waals surface area contributed by atoms with Crippen LogP contribution in [0.2, 0.25) is 0 Å². The zero-order valence-corrected chi connectivity index (χ0v) is 31.7. The van der Waals surface area contributed by atoms with Crippen molar-refractivity contribution in [3.05, 3.63) is 130 Å². The Labute approximate surface area is 301 Å². The van der Waals surface area contributed by atoms with Crippen molar-refractivity contribution in [1.29, 1.82) is 0 Å². The van der Waals surface area contributed by atoms with E-state index in [4.69, 9.17) is 19.7 Å². The van der Waals surface area contributed by atoms with E-state index in [1.54, 1.807) is 48.5 Å². The molecule has 2 aromatic rings. The van der Waals surface area contributed by atoms with E-state index in [2.05, 4.69) is 91.8 Å². The lowest BCUT2D eigenvalue weighted by molar-refractivity contribution is 0.0686. The fourth-order valence-corrected chi connectivity index (χ4v) is 4.65. The highest BCUT2D eigenvalue weighted by molar-refractivity contribution is 5.88. The van der Waals surface area contributed by atoms with E-state index >= 15 is 0 Å². The van der Waals surface area contributed by atoms with Crippen LogP contribution in [0.5, 0.6) is 11.5 Å². The van der Waals surface area contributed by atoms with Crippen molar-refractivity contribution >= 4 is 11.9 Å². The van der Waals surface area contributed by atoms with Gasteiger partial charge in [-0.2, -0.15) is 0 Å². The van der Waals surface area contributed by atoms with Crippen molar-refractivity contribution in [2.45, 2.75) is 107 Å². The van der Waals surface area contributed by atoms with Crippen LogP contribution >= 0.6 is 0 Å². The smallest absolute Gasteiger partial charge is 0.335 e. The van der Waals surface area contributed by atoms with Crippen LogP contribution in [0.4, 0.5) is 0 Å². The first-order valence-corrected chi connectivity index (χ1v) is 17.6. The van der Waals surface area contributed by atoms with Crippen molar-refractivity contribution in [2.24, 2.45) is 0 Å². The van der Waals surface area contributed by atoms with Crippen LogP contribution in [-0.2, 0) is 0 Å². The van der Waals surface area contributed by atoms with Crippen LogP contribution in [0.3, 0.4) is 0 Å². The highest BCUT2D eigenvalue weighted by Crippen LogP contribution is 2.16. The summed E-state index contributed by atoms with van der Waals surface area (Å²) in [4.78, 5) is 21.7. The topological polar surface area (TPSA) is 93.1 Å². The van der Waals surface area contributed by atoms with Gasteiger partial charge >= 0.3 is 11.9 Å². The molecule has 2 rings (SSSR count). The molecule has 0 bridgehead atoms. The number of ether oxygens (including phenoxy) is 2. The molecule has 50 heavy (non-hydrogen) atoms. The molecule has 0 radical (unpaired) electrons. The van der Waals surface area contributed by atoms with Gasteiger partial charge in [0.05, 0.1) is 11.1 Å². The lowest BCUT2D eigenvalue weighted by Gasteiger charge is -2.05. The van der Waals surface area contributed by atoms with Gasteiger partial charge in [-0.15, -0.1) is 0 Å². The van der Waals surface area contributed by atoms with Crippen LogP contribution in [0.1, 0.15) is 127 Å². The second-order valence-corrected chi connectivity index (χ2v) is 13.2. The zero-order chi connectivity index (χ0) is 37.3. The Morgan fingerprint density at radius 3 is 1.32 bits per heavy atom. The van der Waals surface area contributed by atoms with Crippen molar-refractivity contribution in [3.8, 4) is 11.5 Å². The summed E-state index contributed by atoms with van der Waals surface area (Å²) in [5.74, 6) is -0.599. The highest BCUT2D eigenvalue weighted by Gasteiger charge is 2.04. The monoisotopic (exact) mass is 684 g/mol. The Hall–Kier alpha value is -4.58. The first-order valence-electron chi connectivity index (χ1n) is 17.6. The predicted molar refractivity (Wildman–Crippen MR) is 209 cm³/mol. The normalized spacial score (nSPS) is 12.0. The van der Waals surface area contributed by atoms with Crippen LogP contribution < -0.4 is 9.47 Å². The summed E-state index contributed by atoms with van der Waals surface area (Å²) in [6.07, 6.45) is 21.9. The van der Waals surface area contributed by atoms with E-state index in [1.165, 1.54) is 33.4 Å². The van der Waals surface area contributed by atoms with Crippen molar-refractivity contribution in [3.63, 3.8) is 0 Å². The fraction of sp³-hybridized carbons (Fsp3) is 0.409. The number of carbonyl (C=O) groups is 2. The minimum Gasteiger partial charge on any atom is -0.490 e. The second kappa shape index (κ2) is 25.4. The van der Waals surface area contributed by atoms with Gasteiger partial charge < -0.3 is 19.7 Å². The molecule has 0 heterocycles. The molecular formula is C44H60O6. The van der Waals surface area contributed by atoms with Gasteiger partial charge in [0.2, 0.25) is 0 Å². The van der Waals surface area contributed by atoms with Gasteiger partial charge in [0.15, 0.2) is 0 Å². The van der Waals surface area contributed by atoms with Crippen LogP contribution in [0.25, 0.3) is 0 Å². The van der Waals surface area contributed by atoms with Crippen LogP contribution in [0.15, 0.2) is 118 Å². The van der Waals surface area contributed by atoms with Gasteiger partial charge in [0, 0.05) is 0 Å². The number of aromatic carboxylic acids is 2. The molecule has 0 aliphatic rings. The molecule has 272 valence electrons. The molecule has 0 saturated carbocycles.